The summed E-state index contributed by atoms with van der Waals surface area (Å²) in [6.45, 7) is 0. The van der Waals surface area contributed by atoms with E-state index in [0.29, 0.717) is 0 Å². The fourth-order valence-corrected chi connectivity index (χ4v) is 10.2. The maximum atomic E-state index is 7.16. The van der Waals surface area contributed by atoms with Gasteiger partial charge in [0.1, 0.15) is 11.2 Å². The van der Waals surface area contributed by atoms with E-state index in [1.807, 2.05) is 0 Å². The molecule has 0 unspecified atom stereocenters. The summed E-state index contributed by atoms with van der Waals surface area (Å²) in [5.41, 5.74) is 18.9. The standard InChI is InChI=1S/C61H41NO/c1-6-18-42(19-7-1)43-30-32-44(33-31-43)45-34-36-50(37-35-45)62(49-26-14-5-15-27-49)51-38-39-53-56(40-51)63-57-41-55-59(58(60(53)57)46-20-8-2-9-21-46)52-28-16-17-29-54(52)61(55,47-22-10-3-11-23-47)48-24-12-4-13-25-48/h1-41H. The Morgan fingerprint density at radius 1 is 0.317 bits per heavy atom. The van der Waals surface area contributed by atoms with Crippen molar-refractivity contribution in [2.75, 3.05) is 4.90 Å². The second kappa shape index (κ2) is 15.1. The van der Waals surface area contributed by atoms with E-state index < -0.39 is 5.41 Å². The fourth-order valence-electron chi connectivity index (χ4n) is 10.2. The van der Waals surface area contributed by atoms with Crippen LogP contribution in [0.1, 0.15) is 22.3 Å². The van der Waals surface area contributed by atoms with E-state index in [-0.39, 0.29) is 0 Å². The van der Waals surface area contributed by atoms with E-state index in [0.717, 1.165) is 39.0 Å². The molecule has 11 aromatic rings. The molecule has 0 aliphatic heterocycles. The summed E-state index contributed by atoms with van der Waals surface area (Å²) in [4.78, 5) is 2.32. The molecule has 12 rings (SSSR count). The Morgan fingerprint density at radius 3 is 1.38 bits per heavy atom. The van der Waals surface area contributed by atoms with Crippen molar-refractivity contribution in [2.24, 2.45) is 0 Å². The van der Waals surface area contributed by atoms with Gasteiger partial charge in [-0.2, -0.15) is 0 Å². The molecule has 296 valence electrons. The number of fused-ring (bicyclic) bond motifs is 6. The number of benzene rings is 10. The van der Waals surface area contributed by atoms with Crippen molar-refractivity contribution in [1.29, 1.82) is 0 Å². The molecular formula is C61H41NO. The third-order valence-electron chi connectivity index (χ3n) is 12.9. The van der Waals surface area contributed by atoms with Crippen LogP contribution in [-0.4, -0.2) is 0 Å². The van der Waals surface area contributed by atoms with Crippen LogP contribution in [0.15, 0.2) is 253 Å². The fraction of sp³-hybridized carbons (Fsp3) is 0.0164. The Hall–Kier alpha value is -8.20. The van der Waals surface area contributed by atoms with Gasteiger partial charge < -0.3 is 9.32 Å². The van der Waals surface area contributed by atoms with Gasteiger partial charge in [-0.05, 0) is 104 Å². The van der Waals surface area contributed by atoms with Crippen LogP contribution in [0.2, 0.25) is 0 Å². The highest BCUT2D eigenvalue weighted by molar-refractivity contribution is 6.18. The zero-order valence-electron chi connectivity index (χ0n) is 34.5. The molecule has 10 aromatic carbocycles. The van der Waals surface area contributed by atoms with Gasteiger partial charge in [-0.25, -0.2) is 0 Å². The lowest BCUT2D eigenvalue weighted by molar-refractivity contribution is 0.666. The van der Waals surface area contributed by atoms with E-state index in [9.17, 15) is 0 Å². The maximum absolute atomic E-state index is 7.16. The molecule has 0 fully saturated rings. The van der Waals surface area contributed by atoms with Crippen LogP contribution in [0.25, 0.3) is 66.4 Å². The van der Waals surface area contributed by atoms with E-state index in [4.69, 9.17) is 4.42 Å². The quantitative estimate of drug-likeness (QED) is 0.152. The van der Waals surface area contributed by atoms with E-state index >= 15 is 0 Å². The number of furan rings is 1. The van der Waals surface area contributed by atoms with Gasteiger partial charge in [0.15, 0.2) is 0 Å². The van der Waals surface area contributed by atoms with Crippen LogP contribution in [0.5, 0.6) is 0 Å². The average Bonchev–Trinajstić information content (AvgIpc) is 3.88. The predicted molar refractivity (Wildman–Crippen MR) is 262 cm³/mol. The molecule has 1 aliphatic rings. The van der Waals surface area contributed by atoms with Crippen molar-refractivity contribution in [3.63, 3.8) is 0 Å². The highest BCUT2D eigenvalue weighted by Crippen LogP contribution is 2.60. The van der Waals surface area contributed by atoms with Gasteiger partial charge in [0.25, 0.3) is 0 Å². The third kappa shape index (κ3) is 5.95. The normalized spacial score (nSPS) is 12.6. The molecular weight excluding hydrogens is 763 g/mol. The summed E-state index contributed by atoms with van der Waals surface area (Å²) in [5.74, 6) is 0. The Kier molecular flexibility index (Phi) is 8.76. The zero-order chi connectivity index (χ0) is 41.7. The summed E-state index contributed by atoms with van der Waals surface area (Å²) < 4.78 is 7.16. The summed E-state index contributed by atoms with van der Waals surface area (Å²) >= 11 is 0. The van der Waals surface area contributed by atoms with Gasteiger partial charge in [-0.1, -0.05) is 200 Å². The third-order valence-corrected chi connectivity index (χ3v) is 12.9. The lowest BCUT2D eigenvalue weighted by atomic mass is 9.67. The van der Waals surface area contributed by atoms with Crippen LogP contribution < -0.4 is 4.90 Å². The maximum Gasteiger partial charge on any atom is 0.137 e. The molecule has 0 atom stereocenters. The molecule has 1 aromatic heterocycles. The molecule has 2 heteroatoms. The summed E-state index contributed by atoms with van der Waals surface area (Å²) in [5, 5.41) is 2.22. The first-order valence-corrected chi connectivity index (χ1v) is 21.7. The molecule has 0 radical (unpaired) electrons. The highest BCUT2D eigenvalue weighted by atomic mass is 16.3. The summed E-state index contributed by atoms with van der Waals surface area (Å²) in [6.07, 6.45) is 0. The SMILES string of the molecule is c1ccc(-c2ccc(-c3ccc(N(c4ccccc4)c4ccc5c(c4)oc4cc6c(c(-c7ccccc7)c45)-c4ccccc4C6(c4ccccc4)c4ccccc4)cc3)cc2)cc1. The molecule has 0 bridgehead atoms. The molecule has 63 heavy (non-hydrogen) atoms. The second-order valence-corrected chi connectivity index (χ2v) is 16.4. The predicted octanol–water partition coefficient (Wildman–Crippen LogP) is 16.4. The van der Waals surface area contributed by atoms with Crippen molar-refractivity contribution >= 4 is 39.0 Å². The molecule has 0 amide bonds. The topological polar surface area (TPSA) is 16.4 Å². The number of rotatable bonds is 8. The number of anilines is 3. The Balaban J connectivity index is 1.04. The van der Waals surface area contributed by atoms with E-state index in [2.05, 4.69) is 254 Å². The Labute approximate surface area is 367 Å². The van der Waals surface area contributed by atoms with Crippen LogP contribution in [0.3, 0.4) is 0 Å². The van der Waals surface area contributed by atoms with Gasteiger partial charge in [-0.15, -0.1) is 0 Å². The zero-order valence-corrected chi connectivity index (χ0v) is 34.5. The largest absolute Gasteiger partial charge is 0.456 e. The Morgan fingerprint density at radius 2 is 0.778 bits per heavy atom. The second-order valence-electron chi connectivity index (χ2n) is 16.4. The molecule has 1 heterocycles. The van der Waals surface area contributed by atoms with Crippen LogP contribution >= 0.6 is 0 Å². The molecule has 0 spiro atoms. The molecule has 0 N–H and O–H groups in total. The Bertz CT molecular complexity index is 3360. The number of hydrogen-bond acceptors (Lipinski definition) is 2. The van der Waals surface area contributed by atoms with Gasteiger partial charge in [0, 0.05) is 39.5 Å². The van der Waals surface area contributed by atoms with Crippen molar-refractivity contribution < 1.29 is 4.42 Å². The average molecular weight is 804 g/mol. The monoisotopic (exact) mass is 803 g/mol. The lowest BCUT2D eigenvalue weighted by Gasteiger charge is -2.34. The molecule has 0 saturated heterocycles. The number of para-hydroxylation sites is 1. The first-order valence-electron chi connectivity index (χ1n) is 21.7. The first-order chi connectivity index (χ1) is 31.3. The van der Waals surface area contributed by atoms with E-state index in [1.165, 1.54) is 66.8 Å². The lowest BCUT2D eigenvalue weighted by Crippen LogP contribution is -2.28. The molecule has 2 nitrogen and oxygen atoms in total. The molecule has 1 aliphatic carbocycles. The van der Waals surface area contributed by atoms with Gasteiger partial charge in [0.2, 0.25) is 0 Å². The van der Waals surface area contributed by atoms with Crippen LogP contribution in [0.4, 0.5) is 17.1 Å². The number of nitrogens with zero attached hydrogens (tertiary/aromatic N) is 1. The summed E-state index contributed by atoms with van der Waals surface area (Å²) in [6, 6.07) is 89.8. The summed E-state index contributed by atoms with van der Waals surface area (Å²) in [7, 11) is 0. The van der Waals surface area contributed by atoms with Gasteiger partial charge >= 0.3 is 0 Å². The van der Waals surface area contributed by atoms with Gasteiger partial charge in [-0.3, -0.25) is 0 Å². The minimum Gasteiger partial charge on any atom is -0.456 e. The van der Waals surface area contributed by atoms with Crippen LogP contribution in [0, 0.1) is 0 Å². The van der Waals surface area contributed by atoms with Crippen molar-refractivity contribution in [3.8, 4) is 44.5 Å². The van der Waals surface area contributed by atoms with Crippen molar-refractivity contribution in [3.05, 3.63) is 271 Å². The van der Waals surface area contributed by atoms with Gasteiger partial charge in [0.05, 0.1) is 5.41 Å². The smallest absolute Gasteiger partial charge is 0.137 e. The first kappa shape index (κ1) is 36.6. The minimum absolute atomic E-state index is 0.559. The minimum atomic E-state index is -0.559. The van der Waals surface area contributed by atoms with Crippen molar-refractivity contribution in [1.82, 2.24) is 0 Å². The molecule has 0 saturated carbocycles. The highest BCUT2D eigenvalue weighted by Gasteiger charge is 2.47. The van der Waals surface area contributed by atoms with E-state index in [1.54, 1.807) is 0 Å². The van der Waals surface area contributed by atoms with Crippen molar-refractivity contribution in [2.45, 2.75) is 5.41 Å². The number of hydrogen-bond donors (Lipinski definition) is 0. The van der Waals surface area contributed by atoms with Crippen LogP contribution in [-0.2, 0) is 5.41 Å².